The van der Waals surface area contributed by atoms with E-state index >= 15 is 0 Å². The molecule has 2 atom stereocenters. The molecule has 2 rings (SSSR count). The number of aliphatic hydroxyl groups is 1. The highest BCUT2D eigenvalue weighted by Gasteiger charge is 2.26. The largest absolute Gasteiger partial charge is 0.459 e. The van der Waals surface area contributed by atoms with Gasteiger partial charge in [0.15, 0.2) is 5.76 Å². The topological polar surface area (TPSA) is 82.8 Å². The number of nitrogens with zero attached hydrogens (tertiary/aromatic N) is 1. The Bertz CT molecular complexity index is 472. The highest BCUT2D eigenvalue weighted by atomic mass is 16.3. The summed E-state index contributed by atoms with van der Waals surface area (Å²) >= 11 is 0. The second-order valence-corrected chi connectivity index (χ2v) is 5.54. The zero-order valence-corrected chi connectivity index (χ0v) is 12.2. The van der Waals surface area contributed by atoms with Crippen molar-refractivity contribution in [1.82, 2.24) is 10.2 Å². The summed E-state index contributed by atoms with van der Waals surface area (Å²) in [4.78, 5) is 25.3. The van der Waals surface area contributed by atoms with Crippen LogP contribution in [0.3, 0.4) is 0 Å². The first-order valence-corrected chi connectivity index (χ1v) is 7.31. The molecule has 1 aromatic heterocycles. The van der Waals surface area contributed by atoms with Gasteiger partial charge in [0, 0.05) is 25.6 Å². The second kappa shape index (κ2) is 7.26. The molecule has 21 heavy (non-hydrogen) atoms. The van der Waals surface area contributed by atoms with Gasteiger partial charge in [-0.25, -0.2) is 0 Å². The minimum atomic E-state index is -0.322. The Hall–Kier alpha value is -1.82. The molecule has 6 heteroatoms. The van der Waals surface area contributed by atoms with Crippen molar-refractivity contribution in [3.8, 4) is 0 Å². The molecule has 0 aromatic carbocycles. The lowest BCUT2D eigenvalue weighted by atomic mass is 9.85. The van der Waals surface area contributed by atoms with Crippen molar-refractivity contribution in [1.29, 1.82) is 0 Å². The van der Waals surface area contributed by atoms with E-state index < -0.39 is 0 Å². The third kappa shape index (κ3) is 4.07. The highest BCUT2D eigenvalue weighted by molar-refractivity contribution is 5.94. The SMILES string of the molecule is CN(CC(=O)NC1CCCCC1CO)C(=O)c1ccco1. The van der Waals surface area contributed by atoms with Crippen molar-refractivity contribution < 1.29 is 19.1 Å². The van der Waals surface area contributed by atoms with Crippen LogP contribution in [0.4, 0.5) is 0 Å². The van der Waals surface area contributed by atoms with E-state index in [2.05, 4.69) is 5.32 Å². The molecule has 0 saturated heterocycles. The van der Waals surface area contributed by atoms with E-state index in [1.54, 1.807) is 19.2 Å². The fourth-order valence-corrected chi connectivity index (χ4v) is 2.74. The van der Waals surface area contributed by atoms with Crippen LogP contribution < -0.4 is 5.32 Å². The second-order valence-electron chi connectivity index (χ2n) is 5.54. The Labute approximate surface area is 124 Å². The number of hydrogen-bond acceptors (Lipinski definition) is 4. The predicted molar refractivity (Wildman–Crippen MR) is 76.6 cm³/mol. The molecule has 116 valence electrons. The van der Waals surface area contributed by atoms with Crippen molar-refractivity contribution in [3.05, 3.63) is 24.2 Å². The fourth-order valence-electron chi connectivity index (χ4n) is 2.74. The molecular formula is C15H22N2O4. The molecule has 2 amide bonds. The molecule has 1 saturated carbocycles. The number of aliphatic hydroxyl groups excluding tert-OH is 1. The van der Waals surface area contributed by atoms with Gasteiger partial charge in [0.25, 0.3) is 5.91 Å². The zero-order valence-electron chi connectivity index (χ0n) is 12.2. The first-order chi connectivity index (χ1) is 10.1. The minimum absolute atomic E-state index is 0.00312. The maximum absolute atomic E-state index is 12.0. The van der Waals surface area contributed by atoms with Crippen LogP contribution in [-0.4, -0.2) is 48.1 Å². The quantitative estimate of drug-likeness (QED) is 0.849. The minimum Gasteiger partial charge on any atom is -0.459 e. The molecule has 0 spiro atoms. The summed E-state index contributed by atoms with van der Waals surface area (Å²) in [6.45, 7) is 0.0697. The number of likely N-dealkylation sites (N-methyl/N-ethyl adjacent to an activating group) is 1. The molecule has 6 nitrogen and oxygen atoms in total. The molecule has 0 bridgehead atoms. The van der Waals surface area contributed by atoms with Crippen molar-refractivity contribution in [2.45, 2.75) is 31.7 Å². The van der Waals surface area contributed by atoms with Gasteiger partial charge in [0.1, 0.15) is 0 Å². The maximum atomic E-state index is 12.0. The van der Waals surface area contributed by atoms with E-state index in [1.807, 2.05) is 0 Å². The molecule has 1 aliphatic carbocycles. The van der Waals surface area contributed by atoms with Gasteiger partial charge >= 0.3 is 0 Å². The smallest absolute Gasteiger partial charge is 0.289 e. The van der Waals surface area contributed by atoms with Crippen molar-refractivity contribution in [2.75, 3.05) is 20.2 Å². The first-order valence-electron chi connectivity index (χ1n) is 7.31. The number of carbonyl (C=O) groups is 2. The standard InChI is InChI=1S/C15H22N2O4/c1-17(15(20)13-7-4-8-21-13)9-14(19)16-12-6-3-2-5-11(12)10-18/h4,7-8,11-12,18H,2-3,5-6,9-10H2,1H3,(H,16,19). The average Bonchev–Trinajstić information content (AvgIpc) is 3.01. The van der Waals surface area contributed by atoms with E-state index in [9.17, 15) is 14.7 Å². The van der Waals surface area contributed by atoms with Crippen LogP contribution in [0, 0.1) is 5.92 Å². The molecule has 0 aliphatic heterocycles. The number of hydrogen-bond donors (Lipinski definition) is 2. The molecule has 2 N–H and O–H groups in total. The number of furan rings is 1. The Morgan fingerprint density at radius 1 is 1.43 bits per heavy atom. The van der Waals surface area contributed by atoms with Crippen molar-refractivity contribution in [3.63, 3.8) is 0 Å². The average molecular weight is 294 g/mol. The van der Waals surface area contributed by atoms with Crippen LogP contribution in [0.5, 0.6) is 0 Å². The maximum Gasteiger partial charge on any atom is 0.289 e. The number of nitrogens with one attached hydrogen (secondary N) is 1. The number of rotatable bonds is 5. The molecule has 1 aliphatic rings. The molecule has 2 unspecified atom stereocenters. The fraction of sp³-hybridized carbons (Fsp3) is 0.600. The van der Waals surface area contributed by atoms with Crippen LogP contribution >= 0.6 is 0 Å². The Morgan fingerprint density at radius 3 is 2.86 bits per heavy atom. The van der Waals surface area contributed by atoms with Crippen LogP contribution in [0.1, 0.15) is 36.2 Å². The van der Waals surface area contributed by atoms with Crippen LogP contribution in [0.25, 0.3) is 0 Å². The molecule has 0 radical (unpaired) electrons. The summed E-state index contributed by atoms with van der Waals surface area (Å²) in [5.74, 6) is -0.190. The predicted octanol–water partition coefficient (Wildman–Crippen LogP) is 1.02. The van der Waals surface area contributed by atoms with E-state index in [1.165, 1.54) is 11.2 Å². The Morgan fingerprint density at radius 2 is 2.19 bits per heavy atom. The molecular weight excluding hydrogens is 272 g/mol. The lowest BCUT2D eigenvalue weighted by Crippen LogP contribution is -2.47. The van der Waals surface area contributed by atoms with E-state index in [4.69, 9.17) is 4.42 Å². The van der Waals surface area contributed by atoms with E-state index in [-0.39, 0.29) is 42.7 Å². The van der Waals surface area contributed by atoms with Gasteiger partial charge in [0.2, 0.25) is 5.91 Å². The van der Waals surface area contributed by atoms with Gasteiger partial charge in [-0.1, -0.05) is 12.8 Å². The van der Waals surface area contributed by atoms with Crippen molar-refractivity contribution >= 4 is 11.8 Å². The molecule has 1 fully saturated rings. The summed E-state index contributed by atoms with van der Waals surface area (Å²) in [5, 5.41) is 12.3. The summed E-state index contributed by atoms with van der Waals surface area (Å²) in [6, 6.07) is 3.21. The van der Waals surface area contributed by atoms with Crippen LogP contribution in [-0.2, 0) is 4.79 Å². The van der Waals surface area contributed by atoms with E-state index in [0.717, 1.165) is 25.7 Å². The molecule has 1 aromatic rings. The summed E-state index contributed by atoms with van der Waals surface area (Å²) in [5.41, 5.74) is 0. The number of carbonyl (C=O) groups excluding carboxylic acids is 2. The zero-order chi connectivity index (χ0) is 15.2. The van der Waals surface area contributed by atoms with Gasteiger partial charge < -0.3 is 19.7 Å². The third-order valence-corrected chi connectivity index (χ3v) is 3.95. The Kier molecular flexibility index (Phi) is 5.38. The van der Waals surface area contributed by atoms with Gasteiger partial charge in [-0.2, -0.15) is 0 Å². The number of amides is 2. The monoisotopic (exact) mass is 294 g/mol. The van der Waals surface area contributed by atoms with Crippen LogP contribution in [0.2, 0.25) is 0 Å². The third-order valence-electron chi connectivity index (χ3n) is 3.95. The summed E-state index contributed by atoms with van der Waals surface area (Å²) in [7, 11) is 1.56. The lowest BCUT2D eigenvalue weighted by molar-refractivity contribution is -0.123. The normalized spacial score (nSPS) is 21.8. The van der Waals surface area contributed by atoms with E-state index in [0.29, 0.717) is 0 Å². The highest BCUT2D eigenvalue weighted by Crippen LogP contribution is 2.23. The Balaban J connectivity index is 1.84. The van der Waals surface area contributed by atoms with Gasteiger partial charge in [-0.3, -0.25) is 9.59 Å². The van der Waals surface area contributed by atoms with Gasteiger partial charge in [-0.05, 0) is 25.0 Å². The first kappa shape index (κ1) is 15.6. The van der Waals surface area contributed by atoms with Crippen molar-refractivity contribution in [2.24, 2.45) is 5.92 Å². The molecule has 1 heterocycles. The van der Waals surface area contributed by atoms with Gasteiger partial charge in [-0.15, -0.1) is 0 Å². The summed E-state index contributed by atoms with van der Waals surface area (Å²) in [6.07, 6.45) is 5.39. The van der Waals surface area contributed by atoms with Crippen LogP contribution in [0.15, 0.2) is 22.8 Å². The summed E-state index contributed by atoms with van der Waals surface area (Å²) < 4.78 is 5.03. The lowest BCUT2D eigenvalue weighted by Gasteiger charge is -2.31. The van der Waals surface area contributed by atoms with Gasteiger partial charge in [0.05, 0.1) is 12.8 Å².